The van der Waals surface area contributed by atoms with E-state index in [1.165, 1.54) is 42.1 Å². The van der Waals surface area contributed by atoms with E-state index in [4.69, 9.17) is 5.73 Å². The van der Waals surface area contributed by atoms with E-state index in [2.05, 4.69) is 40.2 Å². The SMILES string of the molecule is NCCC1CCCC1Cc1ccc(Br)cc1. The zero-order valence-electron chi connectivity index (χ0n) is 9.66. The topological polar surface area (TPSA) is 26.0 Å². The maximum atomic E-state index is 5.68. The molecule has 1 aliphatic rings. The van der Waals surface area contributed by atoms with Gasteiger partial charge in [-0.3, -0.25) is 0 Å². The molecule has 1 nitrogen and oxygen atoms in total. The third-order valence-electron chi connectivity index (χ3n) is 3.77. The van der Waals surface area contributed by atoms with Crippen molar-refractivity contribution < 1.29 is 0 Å². The monoisotopic (exact) mass is 281 g/mol. The largest absolute Gasteiger partial charge is 0.330 e. The van der Waals surface area contributed by atoms with Crippen molar-refractivity contribution in [3.05, 3.63) is 34.3 Å². The molecule has 2 atom stereocenters. The van der Waals surface area contributed by atoms with Crippen LogP contribution >= 0.6 is 15.9 Å². The molecule has 0 amide bonds. The van der Waals surface area contributed by atoms with Crippen LogP contribution in [0.1, 0.15) is 31.2 Å². The summed E-state index contributed by atoms with van der Waals surface area (Å²) in [5.74, 6) is 1.73. The summed E-state index contributed by atoms with van der Waals surface area (Å²) in [5.41, 5.74) is 7.15. The first-order chi connectivity index (χ1) is 7.79. The Hall–Kier alpha value is -0.340. The van der Waals surface area contributed by atoms with E-state index in [1.54, 1.807) is 0 Å². The standard InChI is InChI=1S/C14H20BrN/c15-14-6-4-11(5-7-14)10-13-3-1-2-12(13)8-9-16/h4-7,12-13H,1-3,8-10,16H2. The molecule has 1 aromatic carbocycles. The Balaban J connectivity index is 1.95. The number of hydrogen-bond donors (Lipinski definition) is 1. The van der Waals surface area contributed by atoms with Gasteiger partial charge in [-0.2, -0.15) is 0 Å². The van der Waals surface area contributed by atoms with Crippen molar-refractivity contribution in [2.45, 2.75) is 32.1 Å². The second-order valence-electron chi connectivity index (χ2n) is 4.86. The molecule has 1 saturated carbocycles. The second kappa shape index (κ2) is 5.83. The first-order valence-electron chi connectivity index (χ1n) is 6.24. The van der Waals surface area contributed by atoms with Crippen molar-refractivity contribution in [1.82, 2.24) is 0 Å². The Morgan fingerprint density at radius 2 is 1.81 bits per heavy atom. The van der Waals surface area contributed by atoms with Crippen LogP contribution in [-0.4, -0.2) is 6.54 Å². The lowest BCUT2D eigenvalue weighted by molar-refractivity contribution is 0.367. The predicted molar refractivity (Wildman–Crippen MR) is 72.3 cm³/mol. The van der Waals surface area contributed by atoms with Crippen molar-refractivity contribution in [2.75, 3.05) is 6.54 Å². The number of benzene rings is 1. The van der Waals surface area contributed by atoms with Gasteiger partial charge >= 0.3 is 0 Å². The van der Waals surface area contributed by atoms with Gasteiger partial charge < -0.3 is 5.73 Å². The Labute approximate surface area is 107 Å². The molecule has 2 rings (SSSR count). The van der Waals surface area contributed by atoms with Crippen molar-refractivity contribution in [2.24, 2.45) is 17.6 Å². The van der Waals surface area contributed by atoms with Gasteiger partial charge in [0, 0.05) is 4.47 Å². The van der Waals surface area contributed by atoms with Crippen molar-refractivity contribution >= 4 is 15.9 Å². The van der Waals surface area contributed by atoms with E-state index in [0.717, 1.165) is 18.4 Å². The molecule has 0 saturated heterocycles. The third kappa shape index (κ3) is 3.08. The number of hydrogen-bond acceptors (Lipinski definition) is 1. The third-order valence-corrected chi connectivity index (χ3v) is 4.29. The molecule has 2 N–H and O–H groups in total. The number of nitrogens with two attached hydrogens (primary N) is 1. The van der Waals surface area contributed by atoms with E-state index in [0.29, 0.717) is 0 Å². The molecule has 0 spiro atoms. The normalized spacial score (nSPS) is 24.9. The highest BCUT2D eigenvalue weighted by Gasteiger charge is 2.26. The zero-order valence-corrected chi connectivity index (χ0v) is 11.2. The molecule has 1 aromatic rings. The summed E-state index contributed by atoms with van der Waals surface area (Å²) in [7, 11) is 0. The van der Waals surface area contributed by atoms with Crippen LogP contribution in [0.4, 0.5) is 0 Å². The first kappa shape index (κ1) is 12.1. The van der Waals surface area contributed by atoms with Crippen LogP contribution in [0.2, 0.25) is 0 Å². The van der Waals surface area contributed by atoms with Crippen LogP contribution in [-0.2, 0) is 6.42 Å². The van der Waals surface area contributed by atoms with Crippen LogP contribution in [0.5, 0.6) is 0 Å². The molecular formula is C14H20BrN. The predicted octanol–water partition coefficient (Wildman–Crippen LogP) is 3.76. The van der Waals surface area contributed by atoms with Crippen LogP contribution in [0.3, 0.4) is 0 Å². The number of halogens is 1. The Bertz CT molecular complexity index is 320. The fraction of sp³-hybridized carbons (Fsp3) is 0.571. The van der Waals surface area contributed by atoms with Gasteiger partial charge in [0.15, 0.2) is 0 Å². The van der Waals surface area contributed by atoms with Crippen LogP contribution in [0.25, 0.3) is 0 Å². The summed E-state index contributed by atoms with van der Waals surface area (Å²) in [4.78, 5) is 0. The molecule has 2 heteroatoms. The molecule has 0 heterocycles. The minimum Gasteiger partial charge on any atom is -0.330 e. The molecule has 0 bridgehead atoms. The van der Waals surface area contributed by atoms with Gasteiger partial charge in [-0.15, -0.1) is 0 Å². The van der Waals surface area contributed by atoms with Crippen molar-refractivity contribution in [3.63, 3.8) is 0 Å². The van der Waals surface area contributed by atoms with E-state index in [9.17, 15) is 0 Å². The van der Waals surface area contributed by atoms with Gasteiger partial charge in [0.25, 0.3) is 0 Å². The lowest BCUT2D eigenvalue weighted by Crippen LogP contribution is -2.15. The highest BCUT2D eigenvalue weighted by Crippen LogP contribution is 2.36. The lowest BCUT2D eigenvalue weighted by Gasteiger charge is -2.18. The smallest absolute Gasteiger partial charge is 0.0175 e. The Morgan fingerprint density at radius 1 is 1.12 bits per heavy atom. The molecule has 0 aliphatic heterocycles. The summed E-state index contributed by atoms with van der Waals surface area (Å²) < 4.78 is 1.17. The van der Waals surface area contributed by atoms with Crippen molar-refractivity contribution in [1.29, 1.82) is 0 Å². The zero-order chi connectivity index (χ0) is 11.4. The quantitative estimate of drug-likeness (QED) is 0.894. The highest BCUT2D eigenvalue weighted by molar-refractivity contribution is 9.10. The minimum absolute atomic E-state index is 0.849. The van der Waals surface area contributed by atoms with Gasteiger partial charge in [-0.05, 0) is 55.3 Å². The molecule has 88 valence electrons. The van der Waals surface area contributed by atoms with E-state index < -0.39 is 0 Å². The van der Waals surface area contributed by atoms with Gasteiger partial charge in [0.2, 0.25) is 0 Å². The highest BCUT2D eigenvalue weighted by atomic mass is 79.9. The summed E-state index contributed by atoms with van der Waals surface area (Å²) >= 11 is 3.48. The second-order valence-corrected chi connectivity index (χ2v) is 5.77. The Kier molecular flexibility index (Phi) is 4.42. The maximum absolute atomic E-state index is 5.68. The van der Waals surface area contributed by atoms with Crippen LogP contribution < -0.4 is 5.73 Å². The summed E-state index contributed by atoms with van der Waals surface area (Å²) in [5, 5.41) is 0. The van der Waals surface area contributed by atoms with Crippen LogP contribution in [0, 0.1) is 11.8 Å². The average molecular weight is 282 g/mol. The van der Waals surface area contributed by atoms with E-state index >= 15 is 0 Å². The molecule has 0 aromatic heterocycles. The molecule has 2 unspecified atom stereocenters. The van der Waals surface area contributed by atoms with Gasteiger partial charge in [0.05, 0.1) is 0 Å². The summed E-state index contributed by atoms with van der Waals surface area (Å²) in [6.07, 6.45) is 6.62. The fourth-order valence-electron chi connectivity index (χ4n) is 2.90. The fourth-order valence-corrected chi connectivity index (χ4v) is 3.16. The van der Waals surface area contributed by atoms with Crippen LogP contribution in [0.15, 0.2) is 28.7 Å². The van der Waals surface area contributed by atoms with E-state index in [-0.39, 0.29) is 0 Å². The summed E-state index contributed by atoms with van der Waals surface area (Å²) in [6, 6.07) is 8.76. The maximum Gasteiger partial charge on any atom is 0.0175 e. The van der Waals surface area contributed by atoms with Gasteiger partial charge in [-0.25, -0.2) is 0 Å². The molecular weight excluding hydrogens is 262 g/mol. The van der Waals surface area contributed by atoms with Crippen molar-refractivity contribution in [3.8, 4) is 0 Å². The minimum atomic E-state index is 0.849. The van der Waals surface area contributed by atoms with E-state index in [1.807, 2.05) is 0 Å². The first-order valence-corrected chi connectivity index (χ1v) is 7.03. The molecule has 1 aliphatic carbocycles. The molecule has 16 heavy (non-hydrogen) atoms. The lowest BCUT2D eigenvalue weighted by atomic mass is 9.87. The molecule has 0 radical (unpaired) electrons. The van der Waals surface area contributed by atoms with Gasteiger partial charge in [0.1, 0.15) is 0 Å². The molecule has 1 fully saturated rings. The Morgan fingerprint density at radius 3 is 2.50 bits per heavy atom. The van der Waals surface area contributed by atoms with Gasteiger partial charge in [-0.1, -0.05) is 40.9 Å². The number of rotatable bonds is 4. The average Bonchev–Trinajstić information content (AvgIpc) is 2.70. The summed E-state index contributed by atoms with van der Waals surface area (Å²) in [6.45, 7) is 0.849.